The molecule has 2 aromatic rings. The van der Waals surface area contributed by atoms with Crippen LogP contribution in [0, 0.1) is 18.8 Å². The molecular weight excluding hydrogens is 272 g/mol. The first-order valence-electron chi connectivity index (χ1n) is 4.88. The van der Waals surface area contributed by atoms with Gasteiger partial charge >= 0.3 is 0 Å². The van der Waals surface area contributed by atoms with Gasteiger partial charge in [-0.1, -0.05) is 34.9 Å². The van der Waals surface area contributed by atoms with Gasteiger partial charge in [0.1, 0.15) is 11.6 Å². The number of aryl methyl sites for hydroxylation is 1. The molecule has 0 bridgehead atoms. The molecule has 2 aromatic heterocycles. The van der Waals surface area contributed by atoms with E-state index in [1.165, 1.54) is 4.88 Å². The van der Waals surface area contributed by atoms with Crippen LogP contribution in [0.2, 0.25) is 0 Å². The molecule has 0 unspecified atom stereocenters. The van der Waals surface area contributed by atoms with Crippen LogP contribution in [0.5, 0.6) is 0 Å². The number of aliphatic hydroxyl groups is 1. The van der Waals surface area contributed by atoms with Gasteiger partial charge in [0.2, 0.25) is 0 Å². The van der Waals surface area contributed by atoms with Crippen LogP contribution in [-0.2, 0) is 5.75 Å². The van der Waals surface area contributed by atoms with Crippen LogP contribution >= 0.6 is 34.4 Å². The van der Waals surface area contributed by atoms with Gasteiger partial charge < -0.3 is 5.11 Å². The normalized spacial score (nSPS) is 10.0. The van der Waals surface area contributed by atoms with Gasteiger partial charge in [0.25, 0.3) is 0 Å². The van der Waals surface area contributed by atoms with Crippen LogP contribution in [-0.4, -0.2) is 21.9 Å². The Hall–Kier alpha value is -0.870. The summed E-state index contributed by atoms with van der Waals surface area (Å²) < 4.78 is 0.983. The number of aromatic nitrogens is 2. The fraction of sp³-hybridized carbons (Fsp3) is 0.273. The van der Waals surface area contributed by atoms with Gasteiger partial charge in [-0.15, -0.1) is 21.5 Å². The predicted molar refractivity (Wildman–Crippen MR) is 72.5 cm³/mol. The van der Waals surface area contributed by atoms with Crippen molar-refractivity contribution in [2.24, 2.45) is 0 Å². The highest BCUT2D eigenvalue weighted by molar-refractivity contribution is 8.00. The molecular formula is C11H10N2OS3. The van der Waals surface area contributed by atoms with E-state index in [4.69, 9.17) is 5.11 Å². The lowest BCUT2D eigenvalue weighted by Crippen LogP contribution is -1.81. The van der Waals surface area contributed by atoms with Gasteiger partial charge in [0.15, 0.2) is 4.34 Å². The first kappa shape index (κ1) is 12.6. The van der Waals surface area contributed by atoms with E-state index in [-0.39, 0.29) is 6.61 Å². The Kier molecular flexibility index (Phi) is 4.57. The third-order valence-corrected chi connectivity index (χ3v) is 4.98. The van der Waals surface area contributed by atoms with E-state index in [2.05, 4.69) is 22.0 Å². The molecule has 17 heavy (non-hydrogen) atoms. The summed E-state index contributed by atoms with van der Waals surface area (Å²) in [6, 6.07) is 1.98. The smallest absolute Gasteiger partial charge is 0.174 e. The molecule has 0 fully saturated rings. The maximum absolute atomic E-state index is 8.67. The van der Waals surface area contributed by atoms with E-state index in [1.54, 1.807) is 34.4 Å². The van der Waals surface area contributed by atoms with E-state index >= 15 is 0 Å². The molecule has 0 radical (unpaired) electrons. The molecule has 0 aliphatic carbocycles. The van der Waals surface area contributed by atoms with Crippen LogP contribution in [0.3, 0.4) is 0 Å². The first-order valence-corrected chi connectivity index (χ1v) is 7.57. The van der Waals surface area contributed by atoms with Crippen LogP contribution < -0.4 is 0 Å². The molecule has 2 heterocycles. The maximum atomic E-state index is 8.67. The highest BCUT2D eigenvalue weighted by atomic mass is 32.2. The van der Waals surface area contributed by atoms with Crippen molar-refractivity contribution in [2.75, 3.05) is 6.61 Å². The van der Waals surface area contributed by atoms with Crippen LogP contribution in [0.1, 0.15) is 15.4 Å². The van der Waals surface area contributed by atoms with E-state index in [0.717, 1.165) is 20.7 Å². The monoisotopic (exact) mass is 282 g/mol. The van der Waals surface area contributed by atoms with E-state index in [9.17, 15) is 0 Å². The molecule has 0 atom stereocenters. The highest BCUT2D eigenvalue weighted by Gasteiger charge is 2.06. The molecule has 0 aliphatic rings. The van der Waals surface area contributed by atoms with Crippen molar-refractivity contribution in [3.63, 3.8) is 0 Å². The minimum atomic E-state index is -0.0992. The maximum Gasteiger partial charge on any atom is 0.174 e. The average Bonchev–Trinajstić information content (AvgIpc) is 2.92. The molecule has 6 heteroatoms. The van der Waals surface area contributed by atoms with Crippen molar-refractivity contribution in [2.45, 2.75) is 17.0 Å². The standard InChI is InChI=1S/C11H10N2OS3/c1-8-12-13-11(17-8)16-7-10-9(3-2-5-14)4-6-15-10/h4,6,14H,5,7H2,1H3. The van der Waals surface area contributed by atoms with Crippen LogP contribution in [0.15, 0.2) is 15.8 Å². The van der Waals surface area contributed by atoms with Gasteiger partial charge in [0.05, 0.1) is 0 Å². The fourth-order valence-electron chi connectivity index (χ4n) is 1.16. The third kappa shape index (κ3) is 3.54. The van der Waals surface area contributed by atoms with Gasteiger partial charge in [0, 0.05) is 16.2 Å². The first-order chi connectivity index (χ1) is 8.29. The summed E-state index contributed by atoms with van der Waals surface area (Å²) in [6.45, 7) is 1.85. The van der Waals surface area contributed by atoms with Crippen molar-refractivity contribution in [1.82, 2.24) is 10.2 Å². The van der Waals surface area contributed by atoms with E-state index in [0.29, 0.717) is 0 Å². The molecule has 88 valence electrons. The predicted octanol–water partition coefficient (Wildman–Crippen LogP) is 2.54. The summed E-state index contributed by atoms with van der Waals surface area (Å²) in [7, 11) is 0. The van der Waals surface area contributed by atoms with E-state index < -0.39 is 0 Å². The Bertz CT molecular complexity index is 550. The van der Waals surface area contributed by atoms with Gasteiger partial charge in [-0.05, 0) is 18.4 Å². The number of thiophene rings is 1. The summed E-state index contributed by atoms with van der Waals surface area (Å²) in [4.78, 5) is 1.21. The zero-order chi connectivity index (χ0) is 12.1. The van der Waals surface area contributed by atoms with Crippen molar-refractivity contribution in [3.05, 3.63) is 26.9 Å². The Morgan fingerprint density at radius 3 is 3.06 bits per heavy atom. The molecule has 1 N–H and O–H groups in total. The third-order valence-electron chi connectivity index (χ3n) is 1.88. The number of rotatable bonds is 3. The quantitative estimate of drug-likeness (QED) is 0.694. The topological polar surface area (TPSA) is 46.0 Å². The molecule has 0 aromatic carbocycles. The summed E-state index contributed by atoms with van der Waals surface area (Å²) >= 11 is 4.95. The van der Waals surface area contributed by atoms with Crippen molar-refractivity contribution < 1.29 is 5.11 Å². The zero-order valence-electron chi connectivity index (χ0n) is 9.14. The lowest BCUT2D eigenvalue weighted by molar-refractivity contribution is 0.350. The number of hydrogen-bond donors (Lipinski definition) is 1. The summed E-state index contributed by atoms with van der Waals surface area (Å²) in [6.07, 6.45) is 0. The summed E-state index contributed by atoms with van der Waals surface area (Å²) in [5.41, 5.74) is 0.998. The SMILES string of the molecule is Cc1nnc(SCc2sccc2C#CCO)s1. The fourth-order valence-corrected chi connectivity index (χ4v) is 3.92. The molecule has 0 saturated carbocycles. The van der Waals surface area contributed by atoms with Gasteiger partial charge in [-0.2, -0.15) is 0 Å². The molecule has 2 rings (SSSR count). The zero-order valence-corrected chi connectivity index (χ0v) is 11.6. The van der Waals surface area contributed by atoms with Crippen LogP contribution in [0.25, 0.3) is 0 Å². The highest BCUT2D eigenvalue weighted by Crippen LogP contribution is 2.29. The largest absolute Gasteiger partial charge is 0.384 e. The summed E-state index contributed by atoms with van der Waals surface area (Å²) in [5.74, 6) is 6.47. The second kappa shape index (κ2) is 6.17. The molecule has 0 spiro atoms. The second-order valence-corrected chi connectivity index (χ2v) is 6.50. The van der Waals surface area contributed by atoms with Gasteiger partial charge in [-0.3, -0.25) is 0 Å². The van der Waals surface area contributed by atoms with Crippen molar-refractivity contribution >= 4 is 34.4 Å². The number of nitrogens with zero attached hydrogens (tertiary/aromatic N) is 2. The molecule has 0 amide bonds. The lowest BCUT2D eigenvalue weighted by atomic mass is 10.3. The molecule has 0 aliphatic heterocycles. The second-order valence-electron chi connectivity index (χ2n) is 3.09. The molecule has 0 saturated heterocycles. The Balaban J connectivity index is 2.01. The average molecular weight is 282 g/mol. The van der Waals surface area contributed by atoms with Gasteiger partial charge in [-0.25, -0.2) is 0 Å². The number of thioether (sulfide) groups is 1. The number of aliphatic hydroxyl groups excluding tert-OH is 1. The summed E-state index contributed by atoms with van der Waals surface area (Å²) in [5, 5.41) is 19.7. The Morgan fingerprint density at radius 1 is 1.47 bits per heavy atom. The minimum Gasteiger partial charge on any atom is -0.384 e. The Morgan fingerprint density at radius 2 is 2.35 bits per heavy atom. The Labute approximate surface area is 112 Å². The molecule has 3 nitrogen and oxygen atoms in total. The van der Waals surface area contributed by atoms with Crippen LogP contribution in [0.4, 0.5) is 0 Å². The number of hydrogen-bond acceptors (Lipinski definition) is 6. The van der Waals surface area contributed by atoms with Crippen molar-refractivity contribution in [3.8, 4) is 11.8 Å². The van der Waals surface area contributed by atoms with E-state index in [1.807, 2.05) is 18.4 Å². The van der Waals surface area contributed by atoms with Crippen molar-refractivity contribution in [1.29, 1.82) is 0 Å². The minimum absolute atomic E-state index is 0.0992. The lowest BCUT2D eigenvalue weighted by Gasteiger charge is -1.95.